The van der Waals surface area contributed by atoms with Gasteiger partial charge in [-0.25, -0.2) is 0 Å². The van der Waals surface area contributed by atoms with Gasteiger partial charge in [-0.05, 0) is 72.1 Å². The maximum Gasteiger partial charge on any atom is 0.0554 e. The van der Waals surface area contributed by atoms with Crippen molar-refractivity contribution in [2.75, 3.05) is 11.5 Å². The SMILES string of the molecule is Cc1cc(P(c2ccccc2)c2ccccc2)c(C)cc1-c1ccc(N)c(N)c1. The van der Waals surface area contributed by atoms with Crippen LogP contribution in [0.2, 0.25) is 0 Å². The first-order valence-electron chi connectivity index (χ1n) is 9.71. The van der Waals surface area contributed by atoms with E-state index in [2.05, 4.69) is 86.6 Å². The molecule has 3 heteroatoms. The third-order valence-corrected chi connectivity index (χ3v) is 7.80. The lowest BCUT2D eigenvalue weighted by Gasteiger charge is -2.23. The van der Waals surface area contributed by atoms with Crippen LogP contribution < -0.4 is 27.4 Å². The van der Waals surface area contributed by atoms with E-state index in [9.17, 15) is 0 Å². The van der Waals surface area contributed by atoms with Crippen LogP contribution in [-0.2, 0) is 0 Å². The molecule has 0 fully saturated rings. The van der Waals surface area contributed by atoms with Gasteiger partial charge in [-0.1, -0.05) is 78.9 Å². The van der Waals surface area contributed by atoms with E-state index in [-0.39, 0.29) is 0 Å². The molecule has 144 valence electrons. The minimum absolute atomic E-state index is 0.620. The first-order chi connectivity index (χ1) is 14.0. The minimum atomic E-state index is -0.620. The zero-order chi connectivity index (χ0) is 20.4. The monoisotopic (exact) mass is 396 g/mol. The molecule has 0 saturated carbocycles. The van der Waals surface area contributed by atoms with E-state index in [0.717, 1.165) is 5.56 Å². The van der Waals surface area contributed by atoms with Crippen LogP contribution in [0.25, 0.3) is 11.1 Å². The average molecular weight is 396 g/mol. The number of aryl methyl sites for hydroxylation is 2. The van der Waals surface area contributed by atoms with Gasteiger partial charge in [0.05, 0.1) is 11.4 Å². The fraction of sp³-hybridized carbons (Fsp3) is 0.0769. The van der Waals surface area contributed by atoms with Gasteiger partial charge in [0.25, 0.3) is 0 Å². The molecule has 4 N–H and O–H groups in total. The van der Waals surface area contributed by atoms with E-state index in [1.54, 1.807) is 0 Å². The Labute approximate surface area is 174 Å². The molecule has 4 aromatic carbocycles. The van der Waals surface area contributed by atoms with Crippen molar-refractivity contribution in [3.8, 4) is 11.1 Å². The summed E-state index contributed by atoms with van der Waals surface area (Å²) in [5, 5.41) is 4.11. The highest BCUT2D eigenvalue weighted by Crippen LogP contribution is 2.37. The zero-order valence-electron chi connectivity index (χ0n) is 16.8. The van der Waals surface area contributed by atoms with Crippen molar-refractivity contribution in [1.82, 2.24) is 0 Å². The Bertz CT molecular complexity index is 1100. The van der Waals surface area contributed by atoms with Gasteiger partial charge < -0.3 is 11.5 Å². The highest BCUT2D eigenvalue weighted by atomic mass is 31.1. The molecule has 4 aromatic rings. The summed E-state index contributed by atoms with van der Waals surface area (Å²) < 4.78 is 0. The van der Waals surface area contributed by atoms with Crippen LogP contribution in [0, 0.1) is 13.8 Å². The van der Waals surface area contributed by atoms with Crippen molar-refractivity contribution in [1.29, 1.82) is 0 Å². The summed E-state index contributed by atoms with van der Waals surface area (Å²) >= 11 is 0. The second-order valence-electron chi connectivity index (χ2n) is 7.30. The Hall–Kier alpha value is -3.09. The standard InChI is InChI=1S/C26H25N2P/c1-18-16-26(19(2)15-23(18)20-13-14-24(27)25(28)17-20)29(21-9-5-3-6-10-21)22-11-7-4-8-12-22/h3-17H,27-28H2,1-2H3. The molecule has 0 aliphatic rings. The number of hydrogen-bond donors (Lipinski definition) is 2. The highest BCUT2D eigenvalue weighted by molar-refractivity contribution is 7.79. The van der Waals surface area contributed by atoms with E-state index in [0.29, 0.717) is 11.4 Å². The normalized spacial score (nSPS) is 11.0. The molecule has 0 aliphatic heterocycles. The zero-order valence-corrected chi connectivity index (χ0v) is 17.7. The lowest BCUT2D eigenvalue weighted by atomic mass is 9.97. The number of rotatable bonds is 4. The van der Waals surface area contributed by atoms with Crippen LogP contribution in [0.15, 0.2) is 91.0 Å². The van der Waals surface area contributed by atoms with E-state index in [1.807, 2.05) is 18.2 Å². The van der Waals surface area contributed by atoms with Gasteiger partial charge in [0.1, 0.15) is 0 Å². The molecule has 0 aliphatic carbocycles. The smallest absolute Gasteiger partial charge is 0.0554 e. The van der Waals surface area contributed by atoms with Crippen LogP contribution in [0.1, 0.15) is 11.1 Å². The van der Waals surface area contributed by atoms with E-state index >= 15 is 0 Å². The Balaban J connectivity index is 1.86. The number of hydrogen-bond acceptors (Lipinski definition) is 2. The molecular formula is C26H25N2P. The summed E-state index contributed by atoms with van der Waals surface area (Å²) in [4.78, 5) is 0. The number of nitrogen functional groups attached to an aromatic ring is 2. The first kappa shape index (κ1) is 19.2. The van der Waals surface area contributed by atoms with Gasteiger partial charge in [-0.2, -0.15) is 0 Å². The third kappa shape index (κ3) is 3.90. The predicted molar refractivity (Wildman–Crippen MR) is 129 cm³/mol. The molecular weight excluding hydrogens is 371 g/mol. The van der Waals surface area contributed by atoms with Crippen molar-refractivity contribution in [3.05, 3.63) is 102 Å². The number of anilines is 2. The summed E-state index contributed by atoms with van der Waals surface area (Å²) in [5.41, 5.74) is 18.0. The fourth-order valence-corrected chi connectivity index (χ4v) is 6.21. The Morgan fingerprint density at radius 3 is 1.72 bits per heavy atom. The average Bonchev–Trinajstić information content (AvgIpc) is 2.74. The van der Waals surface area contributed by atoms with E-state index in [4.69, 9.17) is 11.5 Å². The molecule has 4 rings (SSSR count). The molecule has 0 bridgehead atoms. The molecule has 0 saturated heterocycles. The van der Waals surface area contributed by atoms with Crippen molar-refractivity contribution < 1.29 is 0 Å². The summed E-state index contributed by atoms with van der Waals surface area (Å²) in [6.45, 7) is 4.38. The van der Waals surface area contributed by atoms with Crippen LogP contribution in [0.5, 0.6) is 0 Å². The van der Waals surface area contributed by atoms with Gasteiger partial charge in [0.2, 0.25) is 0 Å². The molecule has 0 amide bonds. The molecule has 0 radical (unpaired) electrons. The van der Waals surface area contributed by atoms with Crippen LogP contribution in [-0.4, -0.2) is 0 Å². The second-order valence-corrected chi connectivity index (χ2v) is 9.49. The van der Waals surface area contributed by atoms with Gasteiger partial charge >= 0.3 is 0 Å². The topological polar surface area (TPSA) is 52.0 Å². The number of benzene rings is 4. The van der Waals surface area contributed by atoms with Crippen molar-refractivity contribution in [3.63, 3.8) is 0 Å². The molecule has 0 atom stereocenters. The quantitative estimate of drug-likeness (QED) is 0.381. The maximum absolute atomic E-state index is 6.05. The minimum Gasteiger partial charge on any atom is -0.397 e. The van der Waals surface area contributed by atoms with Gasteiger partial charge in [-0.3, -0.25) is 0 Å². The lowest BCUT2D eigenvalue weighted by Crippen LogP contribution is -2.22. The van der Waals surface area contributed by atoms with Gasteiger partial charge in [-0.15, -0.1) is 0 Å². The fourth-order valence-electron chi connectivity index (χ4n) is 3.68. The summed E-state index contributed by atoms with van der Waals surface area (Å²) in [6.07, 6.45) is 0. The summed E-state index contributed by atoms with van der Waals surface area (Å²) in [6, 6.07) is 32.1. The Kier molecular flexibility index (Phi) is 5.38. The molecule has 0 heterocycles. The Morgan fingerprint density at radius 2 is 1.17 bits per heavy atom. The third-order valence-electron chi connectivity index (χ3n) is 5.21. The summed E-state index contributed by atoms with van der Waals surface area (Å²) in [5.74, 6) is 0. The molecule has 2 nitrogen and oxygen atoms in total. The molecule has 0 aromatic heterocycles. The van der Waals surface area contributed by atoms with E-state index in [1.165, 1.54) is 32.6 Å². The van der Waals surface area contributed by atoms with Crippen LogP contribution >= 0.6 is 7.92 Å². The van der Waals surface area contributed by atoms with Crippen LogP contribution in [0.3, 0.4) is 0 Å². The van der Waals surface area contributed by atoms with E-state index < -0.39 is 7.92 Å². The first-order valence-corrected chi connectivity index (χ1v) is 11.1. The van der Waals surface area contributed by atoms with Crippen LogP contribution in [0.4, 0.5) is 11.4 Å². The highest BCUT2D eigenvalue weighted by Gasteiger charge is 2.19. The number of nitrogens with two attached hydrogens (primary N) is 2. The summed E-state index contributed by atoms with van der Waals surface area (Å²) in [7, 11) is -0.620. The van der Waals surface area contributed by atoms with Crippen molar-refractivity contribution in [2.45, 2.75) is 13.8 Å². The van der Waals surface area contributed by atoms with Gasteiger partial charge in [0, 0.05) is 0 Å². The lowest BCUT2D eigenvalue weighted by molar-refractivity contribution is 1.42. The predicted octanol–water partition coefficient (Wildman–Crippen LogP) is 4.89. The van der Waals surface area contributed by atoms with Gasteiger partial charge in [0.15, 0.2) is 0 Å². The molecule has 0 unspecified atom stereocenters. The molecule has 0 spiro atoms. The van der Waals surface area contributed by atoms with Crippen molar-refractivity contribution in [2.24, 2.45) is 0 Å². The largest absolute Gasteiger partial charge is 0.397 e. The molecule has 29 heavy (non-hydrogen) atoms. The Morgan fingerprint density at radius 1 is 0.586 bits per heavy atom. The van der Waals surface area contributed by atoms with Crippen molar-refractivity contribution >= 4 is 35.2 Å². The maximum atomic E-state index is 6.05. The second kappa shape index (κ2) is 8.11.